The molecule has 0 fully saturated rings. The molecule has 1 heterocycles. The summed E-state index contributed by atoms with van der Waals surface area (Å²) in [6.07, 6.45) is 1.07. The van der Waals surface area contributed by atoms with Gasteiger partial charge in [0.15, 0.2) is 5.78 Å². The van der Waals surface area contributed by atoms with Crippen LogP contribution in [0.1, 0.15) is 29.8 Å². The lowest BCUT2D eigenvalue weighted by Gasteiger charge is -2.16. The van der Waals surface area contributed by atoms with Gasteiger partial charge in [0.25, 0.3) is 0 Å². The highest BCUT2D eigenvalue weighted by Crippen LogP contribution is 2.28. The molecule has 1 aromatic rings. The van der Waals surface area contributed by atoms with E-state index in [4.69, 9.17) is 0 Å². The van der Waals surface area contributed by atoms with Crippen LogP contribution in [0, 0.1) is 0 Å². The molecule has 0 amide bonds. The number of fused-ring (bicyclic) bond motifs is 1. The normalized spacial score (nSPS) is 14.3. The van der Waals surface area contributed by atoms with E-state index in [1.165, 1.54) is 11.3 Å². The van der Waals surface area contributed by atoms with Gasteiger partial charge in [0.1, 0.15) is 0 Å². The van der Waals surface area contributed by atoms with Crippen LogP contribution in [0.3, 0.4) is 0 Å². The Morgan fingerprint density at radius 3 is 2.93 bits per heavy atom. The molecule has 0 saturated carbocycles. The number of anilines is 1. The fourth-order valence-electron chi connectivity index (χ4n) is 2.02. The third-order valence-corrected chi connectivity index (χ3v) is 2.86. The maximum atomic E-state index is 11.2. The number of hydrogen-bond acceptors (Lipinski definition) is 2. The standard InChI is InChI=1S/C12H15NO/c1-3-13-7-6-11-8-10(9(2)14)4-5-12(11)13/h4-5,8H,3,6-7H2,1-2H3. The smallest absolute Gasteiger partial charge is 0.159 e. The van der Waals surface area contributed by atoms with Crippen LogP contribution in [-0.2, 0) is 6.42 Å². The molecule has 1 aliphatic rings. The Balaban J connectivity index is 2.39. The van der Waals surface area contributed by atoms with Crippen LogP contribution in [-0.4, -0.2) is 18.9 Å². The molecular formula is C12H15NO. The average Bonchev–Trinajstić information content (AvgIpc) is 2.59. The number of benzene rings is 1. The molecule has 2 rings (SSSR count). The zero-order valence-electron chi connectivity index (χ0n) is 8.71. The second-order valence-electron chi connectivity index (χ2n) is 3.73. The lowest BCUT2D eigenvalue weighted by atomic mass is 10.1. The number of hydrogen-bond donors (Lipinski definition) is 0. The topological polar surface area (TPSA) is 20.3 Å². The van der Waals surface area contributed by atoms with E-state index < -0.39 is 0 Å². The van der Waals surface area contributed by atoms with Crippen molar-refractivity contribution in [2.45, 2.75) is 20.3 Å². The number of nitrogens with zero attached hydrogens (tertiary/aromatic N) is 1. The van der Waals surface area contributed by atoms with Gasteiger partial charge in [-0.05, 0) is 44.0 Å². The zero-order valence-corrected chi connectivity index (χ0v) is 8.71. The van der Waals surface area contributed by atoms with E-state index in [0.29, 0.717) is 0 Å². The van der Waals surface area contributed by atoms with Crippen molar-refractivity contribution in [2.75, 3.05) is 18.0 Å². The highest BCUT2D eigenvalue weighted by atomic mass is 16.1. The summed E-state index contributed by atoms with van der Waals surface area (Å²) in [6.45, 7) is 5.92. The van der Waals surface area contributed by atoms with Crippen molar-refractivity contribution in [3.05, 3.63) is 29.3 Å². The van der Waals surface area contributed by atoms with E-state index in [-0.39, 0.29) is 5.78 Å². The summed E-state index contributed by atoms with van der Waals surface area (Å²) < 4.78 is 0. The Bertz CT molecular complexity index is 371. The Hall–Kier alpha value is -1.31. The third-order valence-electron chi connectivity index (χ3n) is 2.86. The molecule has 0 N–H and O–H groups in total. The van der Waals surface area contributed by atoms with E-state index >= 15 is 0 Å². The van der Waals surface area contributed by atoms with Gasteiger partial charge in [-0.15, -0.1) is 0 Å². The highest BCUT2D eigenvalue weighted by molar-refractivity contribution is 5.94. The summed E-state index contributed by atoms with van der Waals surface area (Å²) in [5.41, 5.74) is 3.46. The van der Waals surface area contributed by atoms with Crippen molar-refractivity contribution in [3.8, 4) is 0 Å². The molecule has 0 unspecified atom stereocenters. The first-order valence-electron chi connectivity index (χ1n) is 5.11. The van der Waals surface area contributed by atoms with Crippen LogP contribution in [0.5, 0.6) is 0 Å². The van der Waals surface area contributed by atoms with E-state index in [2.05, 4.69) is 17.9 Å². The Kier molecular flexibility index (Phi) is 2.28. The summed E-state index contributed by atoms with van der Waals surface area (Å²) >= 11 is 0. The molecule has 0 bridgehead atoms. The molecular weight excluding hydrogens is 174 g/mol. The van der Waals surface area contributed by atoms with Crippen LogP contribution in [0.4, 0.5) is 5.69 Å². The van der Waals surface area contributed by atoms with E-state index in [0.717, 1.165) is 25.1 Å². The van der Waals surface area contributed by atoms with Crippen molar-refractivity contribution >= 4 is 11.5 Å². The number of ketones is 1. The molecule has 2 heteroatoms. The average molecular weight is 189 g/mol. The van der Waals surface area contributed by atoms with Crippen LogP contribution in [0.25, 0.3) is 0 Å². The monoisotopic (exact) mass is 189 g/mol. The molecule has 0 spiro atoms. The Labute approximate surface area is 84.5 Å². The van der Waals surface area contributed by atoms with E-state index in [1.54, 1.807) is 6.92 Å². The van der Waals surface area contributed by atoms with Crippen molar-refractivity contribution in [1.29, 1.82) is 0 Å². The molecule has 74 valence electrons. The minimum atomic E-state index is 0.155. The van der Waals surface area contributed by atoms with Gasteiger partial charge in [0, 0.05) is 24.3 Å². The van der Waals surface area contributed by atoms with Crippen molar-refractivity contribution in [2.24, 2.45) is 0 Å². The van der Waals surface area contributed by atoms with Gasteiger partial charge < -0.3 is 4.90 Å². The van der Waals surface area contributed by atoms with Crippen LogP contribution in [0.2, 0.25) is 0 Å². The second kappa shape index (κ2) is 3.45. The largest absolute Gasteiger partial charge is 0.371 e. The maximum absolute atomic E-state index is 11.2. The van der Waals surface area contributed by atoms with Gasteiger partial charge in [-0.25, -0.2) is 0 Å². The minimum absolute atomic E-state index is 0.155. The quantitative estimate of drug-likeness (QED) is 0.665. The predicted octanol–water partition coefficient (Wildman–Crippen LogP) is 2.27. The van der Waals surface area contributed by atoms with Crippen LogP contribution >= 0.6 is 0 Å². The van der Waals surface area contributed by atoms with Crippen molar-refractivity contribution in [1.82, 2.24) is 0 Å². The van der Waals surface area contributed by atoms with Gasteiger partial charge in [0.2, 0.25) is 0 Å². The molecule has 0 aromatic heterocycles. The van der Waals surface area contributed by atoms with Crippen molar-refractivity contribution in [3.63, 3.8) is 0 Å². The fourth-order valence-corrected chi connectivity index (χ4v) is 2.02. The summed E-state index contributed by atoms with van der Waals surface area (Å²) in [7, 11) is 0. The molecule has 14 heavy (non-hydrogen) atoms. The highest BCUT2D eigenvalue weighted by Gasteiger charge is 2.17. The fraction of sp³-hybridized carbons (Fsp3) is 0.417. The minimum Gasteiger partial charge on any atom is -0.371 e. The summed E-state index contributed by atoms with van der Waals surface area (Å²) in [6, 6.07) is 6.03. The zero-order chi connectivity index (χ0) is 10.1. The predicted molar refractivity (Wildman–Crippen MR) is 58.0 cm³/mol. The number of rotatable bonds is 2. The molecule has 0 saturated heterocycles. The Morgan fingerprint density at radius 1 is 1.50 bits per heavy atom. The number of carbonyl (C=O) groups excluding carboxylic acids is 1. The molecule has 1 aliphatic heterocycles. The van der Waals surface area contributed by atoms with E-state index in [1.807, 2.05) is 12.1 Å². The van der Waals surface area contributed by atoms with Gasteiger partial charge >= 0.3 is 0 Å². The van der Waals surface area contributed by atoms with Crippen LogP contribution < -0.4 is 4.90 Å². The molecule has 0 aliphatic carbocycles. The van der Waals surface area contributed by atoms with Gasteiger partial charge in [-0.3, -0.25) is 4.79 Å². The Morgan fingerprint density at radius 2 is 2.29 bits per heavy atom. The first-order valence-corrected chi connectivity index (χ1v) is 5.11. The summed E-state index contributed by atoms with van der Waals surface area (Å²) in [5.74, 6) is 0.155. The third kappa shape index (κ3) is 1.41. The second-order valence-corrected chi connectivity index (χ2v) is 3.73. The lowest BCUT2D eigenvalue weighted by Crippen LogP contribution is -2.19. The first kappa shape index (κ1) is 9.25. The first-order chi connectivity index (χ1) is 6.72. The van der Waals surface area contributed by atoms with E-state index in [9.17, 15) is 4.79 Å². The molecule has 0 atom stereocenters. The summed E-state index contributed by atoms with van der Waals surface area (Å²) in [4.78, 5) is 13.5. The summed E-state index contributed by atoms with van der Waals surface area (Å²) in [5, 5.41) is 0. The number of likely N-dealkylation sites (N-methyl/N-ethyl adjacent to an activating group) is 1. The molecule has 2 nitrogen and oxygen atoms in total. The van der Waals surface area contributed by atoms with Gasteiger partial charge in [-0.2, -0.15) is 0 Å². The lowest BCUT2D eigenvalue weighted by molar-refractivity contribution is 0.101. The van der Waals surface area contributed by atoms with Crippen LogP contribution in [0.15, 0.2) is 18.2 Å². The SMILES string of the molecule is CCN1CCc2cc(C(C)=O)ccc21. The maximum Gasteiger partial charge on any atom is 0.159 e. The number of carbonyl (C=O) groups is 1. The van der Waals surface area contributed by atoms with Gasteiger partial charge in [0.05, 0.1) is 0 Å². The van der Waals surface area contributed by atoms with Gasteiger partial charge in [-0.1, -0.05) is 0 Å². The molecule has 0 radical (unpaired) electrons. The molecule has 1 aromatic carbocycles. The number of Topliss-reactive ketones (excluding diaryl/α,β-unsaturated/α-hetero) is 1. The van der Waals surface area contributed by atoms with Crippen molar-refractivity contribution < 1.29 is 4.79 Å².